The average Bonchev–Trinajstić information content (AvgIpc) is 2.66. The fourth-order valence-corrected chi connectivity index (χ4v) is 2.68. The molecule has 4 nitrogen and oxygen atoms in total. The number of esters is 1. The smallest absolute Gasteiger partial charge is 0.328 e. The summed E-state index contributed by atoms with van der Waals surface area (Å²) in [7, 11) is 1.33. The molecule has 0 fully saturated rings. The first-order valence-electron chi connectivity index (χ1n) is 8.72. The monoisotopic (exact) mass is 351 g/mol. The van der Waals surface area contributed by atoms with Crippen LogP contribution < -0.4 is 5.32 Å². The van der Waals surface area contributed by atoms with Gasteiger partial charge in [-0.2, -0.15) is 0 Å². The lowest BCUT2D eigenvalue weighted by Gasteiger charge is -2.19. The molecule has 0 spiro atoms. The number of carbonyl (C=O) groups is 2. The molecule has 4 heteroatoms. The molecular weight excluding hydrogens is 326 g/mol. The van der Waals surface area contributed by atoms with Gasteiger partial charge in [0.2, 0.25) is 0 Å². The van der Waals surface area contributed by atoms with E-state index < -0.39 is 12.0 Å². The summed E-state index contributed by atoms with van der Waals surface area (Å²) >= 11 is 0. The van der Waals surface area contributed by atoms with Crippen molar-refractivity contribution in [3.05, 3.63) is 71.8 Å². The normalized spacial score (nSPS) is 12.5. The van der Waals surface area contributed by atoms with Gasteiger partial charge >= 0.3 is 5.97 Å². The molecule has 2 aromatic rings. The number of ether oxygens (including phenoxy) is 1. The Kier molecular flexibility index (Phi) is 7.15. The summed E-state index contributed by atoms with van der Waals surface area (Å²) in [6, 6.07) is 18.4. The molecule has 0 aliphatic rings. The second kappa shape index (κ2) is 9.56. The van der Waals surface area contributed by atoms with Gasteiger partial charge in [-0.05, 0) is 29.5 Å². The van der Waals surface area contributed by atoms with Crippen LogP contribution in [0, 0.1) is 5.92 Å². The van der Waals surface area contributed by atoms with E-state index in [9.17, 15) is 9.59 Å². The third-order valence-electron chi connectivity index (χ3n) is 3.94. The molecule has 1 amide bonds. The second-order valence-corrected chi connectivity index (χ2v) is 6.51. The zero-order valence-corrected chi connectivity index (χ0v) is 15.4. The van der Waals surface area contributed by atoms with Crippen LogP contribution in [0.15, 0.2) is 60.7 Å². The molecule has 0 bridgehead atoms. The topological polar surface area (TPSA) is 55.4 Å². The maximum absolute atomic E-state index is 13.0. The quantitative estimate of drug-likeness (QED) is 0.467. The highest BCUT2D eigenvalue weighted by atomic mass is 16.5. The van der Waals surface area contributed by atoms with Crippen LogP contribution in [0.2, 0.25) is 0 Å². The first-order valence-corrected chi connectivity index (χ1v) is 8.72. The minimum atomic E-state index is -0.671. The van der Waals surface area contributed by atoms with Gasteiger partial charge in [0.25, 0.3) is 5.91 Å². The van der Waals surface area contributed by atoms with Crippen molar-refractivity contribution in [1.29, 1.82) is 0 Å². The van der Waals surface area contributed by atoms with Crippen molar-refractivity contribution < 1.29 is 14.3 Å². The molecule has 0 saturated carbocycles. The third kappa shape index (κ3) is 5.59. The van der Waals surface area contributed by atoms with E-state index in [0.29, 0.717) is 12.0 Å². The highest BCUT2D eigenvalue weighted by Crippen LogP contribution is 2.19. The molecule has 136 valence electrons. The van der Waals surface area contributed by atoms with Crippen molar-refractivity contribution in [3.8, 4) is 0 Å². The van der Waals surface area contributed by atoms with E-state index in [4.69, 9.17) is 4.74 Å². The van der Waals surface area contributed by atoms with Crippen LogP contribution in [0.4, 0.5) is 0 Å². The van der Waals surface area contributed by atoms with Gasteiger partial charge in [0.15, 0.2) is 0 Å². The van der Waals surface area contributed by atoms with Gasteiger partial charge < -0.3 is 10.1 Å². The molecule has 0 radical (unpaired) electrons. The van der Waals surface area contributed by atoms with Crippen LogP contribution >= 0.6 is 0 Å². The van der Waals surface area contributed by atoms with Crippen LogP contribution in [0.5, 0.6) is 0 Å². The van der Waals surface area contributed by atoms with Crippen molar-refractivity contribution in [2.75, 3.05) is 7.11 Å². The van der Waals surface area contributed by atoms with E-state index >= 15 is 0 Å². The first-order chi connectivity index (χ1) is 12.5. The molecule has 26 heavy (non-hydrogen) atoms. The largest absolute Gasteiger partial charge is 0.467 e. The zero-order chi connectivity index (χ0) is 18.9. The molecule has 0 aliphatic carbocycles. The van der Waals surface area contributed by atoms with E-state index in [-0.39, 0.29) is 11.8 Å². The predicted octanol–water partition coefficient (Wildman–Crippen LogP) is 3.93. The Morgan fingerprint density at radius 2 is 1.58 bits per heavy atom. The van der Waals surface area contributed by atoms with Gasteiger partial charge in [0.1, 0.15) is 6.04 Å². The summed E-state index contributed by atoms with van der Waals surface area (Å²) in [4.78, 5) is 25.0. The Bertz CT molecular complexity index is 751. The van der Waals surface area contributed by atoms with Crippen molar-refractivity contribution in [3.63, 3.8) is 0 Å². The molecular formula is C22H25NO3. The average molecular weight is 351 g/mol. The van der Waals surface area contributed by atoms with Crippen molar-refractivity contribution in [2.45, 2.75) is 26.3 Å². The Labute approximate surface area is 154 Å². The summed E-state index contributed by atoms with van der Waals surface area (Å²) in [6.45, 7) is 4.00. The predicted molar refractivity (Wildman–Crippen MR) is 104 cm³/mol. The lowest BCUT2D eigenvalue weighted by atomic mass is 10.00. The summed E-state index contributed by atoms with van der Waals surface area (Å²) in [5, 5.41) is 2.84. The molecule has 0 heterocycles. The van der Waals surface area contributed by atoms with Crippen molar-refractivity contribution in [1.82, 2.24) is 5.32 Å². The summed E-state index contributed by atoms with van der Waals surface area (Å²) < 4.78 is 4.84. The third-order valence-corrected chi connectivity index (χ3v) is 3.94. The van der Waals surface area contributed by atoms with Crippen molar-refractivity contribution in [2.24, 2.45) is 5.92 Å². The molecule has 1 N–H and O–H groups in total. The molecule has 0 unspecified atom stereocenters. The number of hydrogen-bond acceptors (Lipinski definition) is 3. The van der Waals surface area contributed by atoms with Crippen LogP contribution in [-0.2, 0) is 14.3 Å². The van der Waals surface area contributed by atoms with Crippen LogP contribution in [0.1, 0.15) is 31.4 Å². The summed E-state index contributed by atoms with van der Waals surface area (Å²) in [5.41, 5.74) is 2.22. The molecule has 0 aromatic heterocycles. The first kappa shape index (κ1) is 19.4. The highest BCUT2D eigenvalue weighted by Gasteiger charge is 2.24. The fourth-order valence-electron chi connectivity index (χ4n) is 2.68. The van der Waals surface area contributed by atoms with E-state index in [1.54, 1.807) is 0 Å². The second-order valence-electron chi connectivity index (χ2n) is 6.51. The Balaban J connectivity index is 2.34. The SMILES string of the molecule is COC(=O)[C@@H](CC(C)C)NC(=O)/C(=C\c1ccccc1)c1ccccc1. The number of hydrogen-bond donors (Lipinski definition) is 1. The van der Waals surface area contributed by atoms with E-state index in [1.165, 1.54) is 7.11 Å². The van der Waals surface area contributed by atoms with E-state index in [0.717, 1.165) is 11.1 Å². The standard InChI is InChI=1S/C22H25NO3/c1-16(2)14-20(22(25)26-3)23-21(24)19(18-12-8-5-9-13-18)15-17-10-6-4-7-11-17/h4-13,15-16,20H,14H2,1-3H3,(H,23,24)/b19-15-/t20-/m1/s1. The number of benzene rings is 2. The summed E-state index contributed by atoms with van der Waals surface area (Å²) in [5.74, 6) is -0.479. The van der Waals surface area contributed by atoms with E-state index in [1.807, 2.05) is 80.6 Å². The number of methoxy groups -OCH3 is 1. The molecule has 1 atom stereocenters. The Hall–Kier alpha value is -2.88. The van der Waals surface area contributed by atoms with E-state index in [2.05, 4.69) is 5.32 Å². The number of amides is 1. The number of carbonyl (C=O) groups excluding carboxylic acids is 2. The van der Waals surface area contributed by atoms with Gasteiger partial charge in [-0.15, -0.1) is 0 Å². The lowest BCUT2D eigenvalue weighted by molar-refractivity contribution is -0.145. The number of nitrogens with one attached hydrogen (secondary N) is 1. The van der Waals surface area contributed by atoms with Gasteiger partial charge in [-0.25, -0.2) is 4.79 Å². The molecule has 0 saturated heterocycles. The van der Waals surface area contributed by atoms with Crippen LogP contribution in [0.3, 0.4) is 0 Å². The maximum atomic E-state index is 13.0. The van der Waals surface area contributed by atoms with Gasteiger partial charge in [0, 0.05) is 5.57 Å². The van der Waals surface area contributed by atoms with Crippen LogP contribution in [0.25, 0.3) is 11.6 Å². The Morgan fingerprint density at radius 1 is 1.00 bits per heavy atom. The molecule has 2 aromatic carbocycles. The van der Waals surface area contributed by atoms with Gasteiger partial charge in [0.05, 0.1) is 7.11 Å². The zero-order valence-electron chi connectivity index (χ0n) is 15.4. The fraction of sp³-hybridized carbons (Fsp3) is 0.273. The highest BCUT2D eigenvalue weighted by molar-refractivity contribution is 6.24. The maximum Gasteiger partial charge on any atom is 0.328 e. The minimum Gasteiger partial charge on any atom is -0.467 e. The summed E-state index contributed by atoms with van der Waals surface area (Å²) in [6.07, 6.45) is 2.35. The Morgan fingerprint density at radius 3 is 2.12 bits per heavy atom. The minimum absolute atomic E-state index is 0.248. The van der Waals surface area contributed by atoms with Crippen molar-refractivity contribution >= 4 is 23.5 Å². The lowest BCUT2D eigenvalue weighted by Crippen LogP contribution is -2.42. The van der Waals surface area contributed by atoms with Crippen LogP contribution in [-0.4, -0.2) is 25.0 Å². The molecule has 0 aliphatic heterocycles. The van der Waals surface area contributed by atoms with Gasteiger partial charge in [-0.3, -0.25) is 4.79 Å². The number of rotatable bonds is 7. The molecule has 2 rings (SSSR count). The van der Waals surface area contributed by atoms with Gasteiger partial charge in [-0.1, -0.05) is 74.5 Å².